The summed E-state index contributed by atoms with van der Waals surface area (Å²) in [6, 6.07) is 0. The van der Waals surface area contributed by atoms with Gasteiger partial charge in [-0.25, -0.2) is 0 Å². The monoisotopic (exact) mass is 278 g/mol. The molecule has 110 valence electrons. The lowest BCUT2D eigenvalue weighted by atomic mass is 9.84. The lowest BCUT2D eigenvalue weighted by Crippen LogP contribution is -2.53. The van der Waals surface area contributed by atoms with Crippen LogP contribution in [0.25, 0.3) is 0 Å². The van der Waals surface area contributed by atoms with Gasteiger partial charge in [-0.3, -0.25) is 4.79 Å². The molecule has 0 spiro atoms. The number of carbonyl (C=O) groups excluding carboxylic acids is 1. The zero-order valence-corrected chi connectivity index (χ0v) is 11.4. The Balaban J connectivity index is 2.02. The highest BCUT2D eigenvalue weighted by Gasteiger charge is 2.61. The quantitative estimate of drug-likeness (QED) is 0.826. The normalized spacial score (nSPS) is 29.6. The van der Waals surface area contributed by atoms with Crippen LogP contribution in [0.1, 0.15) is 33.1 Å². The first-order valence-corrected chi connectivity index (χ1v) is 6.79. The summed E-state index contributed by atoms with van der Waals surface area (Å²) in [6.45, 7) is 4.40. The van der Waals surface area contributed by atoms with Crippen molar-refractivity contribution >= 4 is 5.91 Å². The van der Waals surface area contributed by atoms with Crippen LogP contribution in [0.3, 0.4) is 0 Å². The average Bonchev–Trinajstić information content (AvgIpc) is 2.92. The highest BCUT2D eigenvalue weighted by Crippen LogP contribution is 2.51. The maximum Gasteiger partial charge on any atom is 0.404 e. The number of halogens is 3. The molecule has 1 heterocycles. The first kappa shape index (κ1) is 14.6. The van der Waals surface area contributed by atoms with E-state index < -0.39 is 17.5 Å². The number of hydrogen-bond donors (Lipinski definition) is 2. The number of rotatable bonds is 4. The van der Waals surface area contributed by atoms with Crippen molar-refractivity contribution in [1.82, 2.24) is 10.6 Å². The first-order valence-electron chi connectivity index (χ1n) is 6.79. The van der Waals surface area contributed by atoms with E-state index in [0.717, 1.165) is 12.8 Å². The van der Waals surface area contributed by atoms with Gasteiger partial charge < -0.3 is 10.6 Å². The fourth-order valence-corrected chi connectivity index (χ4v) is 2.80. The zero-order valence-electron chi connectivity index (χ0n) is 11.4. The third-order valence-corrected chi connectivity index (χ3v) is 4.85. The van der Waals surface area contributed by atoms with Crippen molar-refractivity contribution in [2.45, 2.75) is 39.3 Å². The Bertz CT molecular complexity index is 355. The van der Waals surface area contributed by atoms with Gasteiger partial charge in [0.1, 0.15) is 0 Å². The minimum Gasteiger partial charge on any atom is -0.355 e. The van der Waals surface area contributed by atoms with Crippen molar-refractivity contribution < 1.29 is 18.0 Å². The van der Waals surface area contributed by atoms with Crippen molar-refractivity contribution in [3.05, 3.63) is 0 Å². The number of carbonyl (C=O) groups is 1. The van der Waals surface area contributed by atoms with E-state index in [1.54, 1.807) is 0 Å². The molecule has 1 saturated heterocycles. The molecule has 1 unspecified atom stereocenters. The second-order valence-corrected chi connectivity index (χ2v) is 6.21. The van der Waals surface area contributed by atoms with Gasteiger partial charge >= 0.3 is 6.18 Å². The smallest absolute Gasteiger partial charge is 0.355 e. The van der Waals surface area contributed by atoms with E-state index in [2.05, 4.69) is 24.5 Å². The van der Waals surface area contributed by atoms with Crippen LogP contribution in [0.15, 0.2) is 0 Å². The molecule has 2 aliphatic rings. The standard InChI is InChI=1S/C13H21F3N2O/c1-9(2)11(3-4-11)7-18-10(19)12(13(14,15)16)5-6-17-8-12/h9,17H,3-8H2,1-2H3,(H,18,19). The van der Waals surface area contributed by atoms with E-state index in [1.807, 2.05) is 0 Å². The molecule has 2 rings (SSSR count). The van der Waals surface area contributed by atoms with Gasteiger partial charge in [0, 0.05) is 13.1 Å². The molecule has 1 amide bonds. The van der Waals surface area contributed by atoms with Gasteiger partial charge in [0.2, 0.25) is 5.91 Å². The van der Waals surface area contributed by atoms with Crippen LogP contribution in [0.5, 0.6) is 0 Å². The first-order chi connectivity index (χ1) is 8.74. The van der Waals surface area contributed by atoms with E-state index in [-0.39, 0.29) is 24.9 Å². The molecule has 1 saturated carbocycles. The van der Waals surface area contributed by atoms with Crippen molar-refractivity contribution in [1.29, 1.82) is 0 Å². The van der Waals surface area contributed by atoms with Gasteiger partial charge in [0.25, 0.3) is 0 Å². The van der Waals surface area contributed by atoms with Crippen LogP contribution in [0.2, 0.25) is 0 Å². The Morgan fingerprint density at radius 2 is 1.95 bits per heavy atom. The molecule has 0 radical (unpaired) electrons. The minimum atomic E-state index is -4.49. The van der Waals surface area contributed by atoms with Crippen LogP contribution >= 0.6 is 0 Å². The van der Waals surface area contributed by atoms with Crippen molar-refractivity contribution in [3.63, 3.8) is 0 Å². The van der Waals surface area contributed by atoms with Crippen LogP contribution in [0.4, 0.5) is 13.2 Å². The lowest BCUT2D eigenvalue weighted by molar-refractivity contribution is -0.216. The van der Waals surface area contributed by atoms with Gasteiger partial charge in [-0.1, -0.05) is 13.8 Å². The maximum absolute atomic E-state index is 13.2. The van der Waals surface area contributed by atoms with Gasteiger partial charge in [-0.05, 0) is 37.1 Å². The minimum absolute atomic E-state index is 0.0223. The van der Waals surface area contributed by atoms with Crippen molar-refractivity contribution in [3.8, 4) is 0 Å². The van der Waals surface area contributed by atoms with Crippen LogP contribution < -0.4 is 10.6 Å². The molecule has 2 fully saturated rings. The highest BCUT2D eigenvalue weighted by molar-refractivity contribution is 5.84. The van der Waals surface area contributed by atoms with Crippen LogP contribution in [-0.4, -0.2) is 31.7 Å². The Morgan fingerprint density at radius 1 is 1.32 bits per heavy atom. The summed E-state index contributed by atoms with van der Waals surface area (Å²) in [5.74, 6) is -0.478. The second-order valence-electron chi connectivity index (χ2n) is 6.21. The Morgan fingerprint density at radius 3 is 2.32 bits per heavy atom. The summed E-state index contributed by atoms with van der Waals surface area (Å²) < 4.78 is 39.5. The lowest BCUT2D eigenvalue weighted by Gasteiger charge is -2.31. The molecular formula is C13H21F3N2O. The van der Waals surface area contributed by atoms with Crippen molar-refractivity contribution in [2.24, 2.45) is 16.7 Å². The van der Waals surface area contributed by atoms with Gasteiger partial charge in [-0.2, -0.15) is 13.2 Å². The summed E-state index contributed by atoms with van der Waals surface area (Å²) in [6.07, 6.45) is -2.68. The molecule has 0 aromatic carbocycles. The second kappa shape index (κ2) is 4.65. The molecule has 6 heteroatoms. The topological polar surface area (TPSA) is 41.1 Å². The number of nitrogens with one attached hydrogen (secondary N) is 2. The number of hydrogen-bond acceptors (Lipinski definition) is 2. The molecule has 19 heavy (non-hydrogen) atoms. The summed E-state index contributed by atoms with van der Waals surface area (Å²) in [5, 5.41) is 5.21. The fraction of sp³-hybridized carbons (Fsp3) is 0.923. The molecule has 0 aromatic heterocycles. The molecular weight excluding hydrogens is 257 g/mol. The van der Waals surface area contributed by atoms with Crippen LogP contribution in [-0.2, 0) is 4.79 Å². The average molecular weight is 278 g/mol. The van der Waals surface area contributed by atoms with Gasteiger partial charge in [0.15, 0.2) is 5.41 Å². The Labute approximate surface area is 111 Å². The molecule has 0 aromatic rings. The van der Waals surface area contributed by atoms with Crippen molar-refractivity contribution in [2.75, 3.05) is 19.6 Å². The SMILES string of the molecule is CC(C)C1(CNC(=O)C2(C(F)(F)F)CCNC2)CC1. The highest BCUT2D eigenvalue weighted by atomic mass is 19.4. The Hall–Kier alpha value is -0.780. The van der Waals surface area contributed by atoms with E-state index in [4.69, 9.17) is 0 Å². The fourth-order valence-electron chi connectivity index (χ4n) is 2.80. The molecule has 1 atom stereocenters. The van der Waals surface area contributed by atoms with E-state index >= 15 is 0 Å². The molecule has 3 nitrogen and oxygen atoms in total. The molecule has 1 aliphatic heterocycles. The summed E-state index contributed by atoms with van der Waals surface area (Å²) in [4.78, 5) is 12.0. The number of amides is 1. The van der Waals surface area contributed by atoms with E-state index in [0.29, 0.717) is 12.5 Å². The summed E-state index contributed by atoms with van der Waals surface area (Å²) in [5.41, 5.74) is -2.21. The predicted octanol–water partition coefficient (Wildman–Crippen LogP) is 2.08. The molecule has 2 N–H and O–H groups in total. The molecule has 1 aliphatic carbocycles. The van der Waals surface area contributed by atoms with Gasteiger partial charge in [0.05, 0.1) is 0 Å². The molecule has 0 bridgehead atoms. The largest absolute Gasteiger partial charge is 0.404 e. The third-order valence-electron chi connectivity index (χ3n) is 4.85. The predicted molar refractivity (Wildman–Crippen MR) is 65.5 cm³/mol. The Kier molecular flexibility index (Phi) is 3.58. The zero-order chi connectivity index (χ0) is 14.3. The number of alkyl halides is 3. The maximum atomic E-state index is 13.2. The van der Waals surface area contributed by atoms with Crippen LogP contribution in [0, 0.1) is 16.7 Å². The van der Waals surface area contributed by atoms with E-state index in [9.17, 15) is 18.0 Å². The summed E-state index contributed by atoms with van der Waals surface area (Å²) >= 11 is 0. The van der Waals surface area contributed by atoms with E-state index in [1.165, 1.54) is 0 Å². The van der Waals surface area contributed by atoms with Gasteiger partial charge in [-0.15, -0.1) is 0 Å². The third kappa shape index (κ3) is 2.47. The summed E-state index contributed by atoms with van der Waals surface area (Å²) in [7, 11) is 0.